The zero-order valence-corrected chi connectivity index (χ0v) is 42.6. The average molecular weight is 891 g/mol. The molecule has 0 radical (unpaired) electrons. The lowest BCUT2D eigenvalue weighted by Gasteiger charge is -2.20. The van der Waals surface area contributed by atoms with Gasteiger partial charge in [-0.25, -0.2) is 0 Å². The fourth-order valence-corrected chi connectivity index (χ4v) is 8.93. The highest BCUT2D eigenvalue weighted by molar-refractivity contribution is 5.76. The van der Waals surface area contributed by atoms with E-state index in [0.717, 1.165) is 44.9 Å². The Hall–Kier alpha value is -1.40. The molecule has 0 bridgehead atoms. The van der Waals surface area contributed by atoms with Gasteiger partial charge in [0.05, 0.1) is 25.4 Å². The van der Waals surface area contributed by atoms with Crippen molar-refractivity contribution >= 4 is 11.9 Å². The van der Waals surface area contributed by atoms with E-state index in [0.29, 0.717) is 19.4 Å². The number of esters is 1. The van der Waals surface area contributed by atoms with Crippen molar-refractivity contribution in [1.29, 1.82) is 0 Å². The Labute approximate surface area is 393 Å². The molecule has 0 aliphatic rings. The first kappa shape index (κ1) is 61.6. The molecule has 2 unspecified atom stereocenters. The molecule has 0 spiro atoms. The predicted octanol–water partition coefficient (Wildman–Crippen LogP) is 17.3. The summed E-state index contributed by atoms with van der Waals surface area (Å²) in [6.45, 7) is 4.90. The molecule has 0 heterocycles. The molecule has 0 aliphatic heterocycles. The second-order valence-electron chi connectivity index (χ2n) is 19.6. The van der Waals surface area contributed by atoms with Crippen molar-refractivity contribution in [3.8, 4) is 0 Å². The molecule has 2 atom stereocenters. The van der Waals surface area contributed by atoms with Gasteiger partial charge in [-0.2, -0.15) is 0 Å². The summed E-state index contributed by atoms with van der Waals surface area (Å²) in [6, 6.07) is -0.633. The Balaban J connectivity index is 3.46. The maximum Gasteiger partial charge on any atom is 0.305 e. The third-order valence-corrected chi connectivity index (χ3v) is 13.3. The van der Waals surface area contributed by atoms with Gasteiger partial charge >= 0.3 is 5.97 Å². The van der Waals surface area contributed by atoms with E-state index >= 15 is 0 Å². The summed E-state index contributed by atoms with van der Waals surface area (Å²) in [7, 11) is 0. The summed E-state index contributed by atoms with van der Waals surface area (Å²) < 4.78 is 5.46. The molecule has 0 aromatic rings. The highest BCUT2D eigenvalue weighted by atomic mass is 16.5. The van der Waals surface area contributed by atoms with Crippen molar-refractivity contribution in [3.05, 3.63) is 12.2 Å². The molecule has 1 amide bonds. The van der Waals surface area contributed by atoms with Crippen molar-refractivity contribution < 1.29 is 24.5 Å². The number of carbonyl (C=O) groups is 2. The van der Waals surface area contributed by atoms with E-state index in [2.05, 4.69) is 19.2 Å². The Bertz CT molecular complexity index is 939. The van der Waals surface area contributed by atoms with Gasteiger partial charge in [0, 0.05) is 12.8 Å². The van der Waals surface area contributed by atoms with E-state index in [4.69, 9.17) is 4.74 Å². The van der Waals surface area contributed by atoms with Crippen LogP contribution in [0.3, 0.4) is 0 Å². The van der Waals surface area contributed by atoms with Gasteiger partial charge in [0.1, 0.15) is 0 Å². The minimum absolute atomic E-state index is 0.000819. The number of aliphatic hydroxyl groups is 2. The molecule has 3 N–H and O–H groups in total. The van der Waals surface area contributed by atoms with E-state index < -0.39 is 12.1 Å². The van der Waals surface area contributed by atoms with E-state index in [9.17, 15) is 19.8 Å². The van der Waals surface area contributed by atoms with Crippen LogP contribution in [-0.2, 0) is 14.3 Å². The first-order chi connectivity index (χ1) is 31.0. The highest BCUT2D eigenvalue weighted by Gasteiger charge is 2.18. The first-order valence-corrected chi connectivity index (χ1v) is 28.5. The molecular formula is C57H111NO5. The molecule has 0 aliphatic carbocycles. The standard InChI is InChI=1S/C57H111NO5/c1-3-5-7-9-11-13-15-17-18-19-20-21-23-26-29-33-37-41-45-49-55(60)54(53-59)58-56(61)50-46-42-38-34-30-27-24-22-25-28-32-36-40-44-48-52-63-57(62)51-47-43-39-35-31-16-14-12-10-8-6-4-2/h45,49,54-55,59-60H,3-44,46-48,50-53H2,1-2H3,(H,58,61)/b49-45+. The zero-order chi connectivity index (χ0) is 45.8. The van der Waals surface area contributed by atoms with E-state index in [-0.39, 0.29) is 18.5 Å². The maximum absolute atomic E-state index is 12.5. The Morgan fingerprint density at radius 1 is 0.429 bits per heavy atom. The predicted molar refractivity (Wildman–Crippen MR) is 273 cm³/mol. The lowest BCUT2D eigenvalue weighted by molar-refractivity contribution is -0.143. The van der Waals surface area contributed by atoms with E-state index in [1.165, 1.54) is 244 Å². The second kappa shape index (κ2) is 53.2. The third kappa shape index (κ3) is 49.9. The van der Waals surface area contributed by atoms with Gasteiger partial charge < -0.3 is 20.3 Å². The van der Waals surface area contributed by atoms with Crippen LogP contribution >= 0.6 is 0 Å². The monoisotopic (exact) mass is 890 g/mol. The molecule has 0 aromatic heterocycles. The number of unbranched alkanes of at least 4 members (excludes halogenated alkanes) is 42. The van der Waals surface area contributed by atoms with Crippen molar-refractivity contribution in [1.82, 2.24) is 5.32 Å². The lowest BCUT2D eigenvalue weighted by Crippen LogP contribution is -2.45. The van der Waals surface area contributed by atoms with Crippen LogP contribution < -0.4 is 5.32 Å². The summed E-state index contributed by atoms with van der Waals surface area (Å²) >= 11 is 0. The molecular weight excluding hydrogens is 779 g/mol. The lowest BCUT2D eigenvalue weighted by atomic mass is 10.0. The minimum Gasteiger partial charge on any atom is -0.466 e. The summed E-state index contributed by atoms with van der Waals surface area (Å²) in [5.41, 5.74) is 0. The highest BCUT2D eigenvalue weighted by Crippen LogP contribution is 2.17. The van der Waals surface area contributed by atoms with E-state index in [1.807, 2.05) is 6.08 Å². The number of rotatable bonds is 53. The van der Waals surface area contributed by atoms with Crippen LogP contribution in [0.1, 0.15) is 316 Å². The number of carbonyl (C=O) groups excluding carboxylic acids is 2. The van der Waals surface area contributed by atoms with Crippen molar-refractivity contribution in [3.63, 3.8) is 0 Å². The van der Waals surface area contributed by atoms with Gasteiger partial charge in [-0.3, -0.25) is 9.59 Å². The number of hydrogen-bond donors (Lipinski definition) is 3. The fourth-order valence-electron chi connectivity index (χ4n) is 8.93. The van der Waals surface area contributed by atoms with Crippen LogP contribution in [0.25, 0.3) is 0 Å². The van der Waals surface area contributed by atoms with Gasteiger partial charge in [0.25, 0.3) is 0 Å². The van der Waals surface area contributed by atoms with Gasteiger partial charge in [0.15, 0.2) is 0 Å². The van der Waals surface area contributed by atoms with E-state index in [1.54, 1.807) is 6.08 Å². The molecule has 0 aromatic carbocycles. The molecule has 6 nitrogen and oxygen atoms in total. The fraction of sp³-hybridized carbons (Fsp3) is 0.930. The van der Waals surface area contributed by atoms with Crippen LogP contribution in [-0.4, -0.2) is 47.4 Å². The molecule has 0 saturated carbocycles. The Kier molecular flexibility index (Phi) is 52.0. The van der Waals surface area contributed by atoms with Gasteiger partial charge in [-0.05, 0) is 32.1 Å². The summed E-state index contributed by atoms with van der Waals surface area (Å²) in [5.74, 6) is -0.0727. The number of amides is 1. The molecule has 0 fully saturated rings. The second-order valence-corrected chi connectivity index (χ2v) is 19.6. The minimum atomic E-state index is -0.849. The summed E-state index contributed by atoms with van der Waals surface area (Å²) in [6.07, 6.45) is 62.2. The van der Waals surface area contributed by atoms with Gasteiger partial charge in [0.2, 0.25) is 5.91 Å². The normalized spacial score (nSPS) is 12.6. The largest absolute Gasteiger partial charge is 0.466 e. The zero-order valence-electron chi connectivity index (χ0n) is 42.6. The molecule has 0 saturated heterocycles. The van der Waals surface area contributed by atoms with Crippen LogP contribution in [0.4, 0.5) is 0 Å². The number of ether oxygens (including phenoxy) is 1. The van der Waals surface area contributed by atoms with Crippen LogP contribution in [0.2, 0.25) is 0 Å². The number of allylic oxidation sites excluding steroid dienone is 1. The number of aliphatic hydroxyl groups excluding tert-OH is 2. The quantitative estimate of drug-likeness (QED) is 0.0321. The number of nitrogens with one attached hydrogen (secondary N) is 1. The number of hydrogen-bond acceptors (Lipinski definition) is 5. The van der Waals surface area contributed by atoms with Gasteiger partial charge in [-0.15, -0.1) is 0 Å². The van der Waals surface area contributed by atoms with Crippen molar-refractivity contribution in [2.75, 3.05) is 13.2 Å². The summed E-state index contributed by atoms with van der Waals surface area (Å²) in [5, 5.41) is 23.1. The summed E-state index contributed by atoms with van der Waals surface area (Å²) in [4.78, 5) is 24.5. The van der Waals surface area contributed by atoms with Crippen molar-refractivity contribution in [2.45, 2.75) is 328 Å². The molecule has 0 rings (SSSR count). The third-order valence-electron chi connectivity index (χ3n) is 13.3. The van der Waals surface area contributed by atoms with Crippen LogP contribution in [0.5, 0.6) is 0 Å². The maximum atomic E-state index is 12.5. The van der Waals surface area contributed by atoms with Crippen LogP contribution in [0, 0.1) is 0 Å². The first-order valence-electron chi connectivity index (χ1n) is 28.5. The topological polar surface area (TPSA) is 95.9 Å². The van der Waals surface area contributed by atoms with Crippen LogP contribution in [0.15, 0.2) is 12.2 Å². The van der Waals surface area contributed by atoms with Gasteiger partial charge in [-0.1, -0.05) is 283 Å². The molecule has 374 valence electrons. The van der Waals surface area contributed by atoms with Crippen molar-refractivity contribution in [2.24, 2.45) is 0 Å². The Morgan fingerprint density at radius 2 is 0.730 bits per heavy atom. The smallest absolute Gasteiger partial charge is 0.305 e. The SMILES string of the molecule is CCCCCCCCCCCCCCCCCCC/C=C/C(O)C(CO)NC(=O)CCCCCCCCCCCCCCCCCOC(=O)CCCCCCCCCCCCCC. The average Bonchev–Trinajstić information content (AvgIpc) is 3.28. The Morgan fingerprint density at radius 3 is 1.08 bits per heavy atom. The molecule has 6 heteroatoms. The molecule has 63 heavy (non-hydrogen) atoms.